The number of nitro groups is 1. The maximum atomic E-state index is 12.5. The average molecular weight is 346 g/mol. The summed E-state index contributed by atoms with van der Waals surface area (Å²) < 4.78 is 35.5. The van der Waals surface area contributed by atoms with Crippen LogP contribution in [-0.2, 0) is 19.6 Å². The molecule has 0 aliphatic heterocycles. The number of rotatable bonds is 8. The highest BCUT2D eigenvalue weighted by Gasteiger charge is 2.27. The van der Waals surface area contributed by atoms with Crippen molar-refractivity contribution in [2.24, 2.45) is 0 Å². The van der Waals surface area contributed by atoms with E-state index in [-0.39, 0.29) is 35.7 Å². The molecule has 0 N–H and O–H groups in total. The molecule has 0 spiro atoms. The Kier molecular flexibility index (Phi) is 6.46. The van der Waals surface area contributed by atoms with Crippen LogP contribution in [0.5, 0.6) is 5.75 Å². The summed E-state index contributed by atoms with van der Waals surface area (Å²) in [5.41, 5.74) is -0.354. The van der Waals surface area contributed by atoms with Crippen molar-refractivity contribution in [1.29, 1.82) is 0 Å². The largest absolute Gasteiger partial charge is 0.495 e. The third-order valence-electron chi connectivity index (χ3n) is 3.13. The summed E-state index contributed by atoms with van der Waals surface area (Å²) in [6.07, 6.45) is 0.335. The third kappa shape index (κ3) is 4.63. The van der Waals surface area contributed by atoms with E-state index in [0.29, 0.717) is 0 Å². The van der Waals surface area contributed by atoms with Crippen molar-refractivity contribution < 1.29 is 27.6 Å². The van der Waals surface area contributed by atoms with Crippen molar-refractivity contribution in [2.45, 2.75) is 17.7 Å². The van der Waals surface area contributed by atoms with Crippen molar-refractivity contribution in [1.82, 2.24) is 4.31 Å². The maximum absolute atomic E-state index is 12.5. The van der Waals surface area contributed by atoms with Crippen LogP contribution in [0.25, 0.3) is 0 Å². The zero-order chi connectivity index (χ0) is 17.6. The molecule has 128 valence electrons. The highest BCUT2D eigenvalue weighted by molar-refractivity contribution is 7.89. The van der Waals surface area contributed by atoms with Crippen molar-refractivity contribution in [3.63, 3.8) is 0 Å². The molecule has 0 heterocycles. The maximum Gasteiger partial charge on any atom is 0.305 e. The Bertz CT molecular complexity index is 688. The summed E-state index contributed by atoms with van der Waals surface area (Å²) >= 11 is 0. The lowest BCUT2D eigenvalue weighted by molar-refractivity contribution is -0.385. The molecule has 23 heavy (non-hydrogen) atoms. The Hall–Kier alpha value is -2.20. The van der Waals surface area contributed by atoms with Gasteiger partial charge in [0.15, 0.2) is 0 Å². The number of methoxy groups -OCH3 is 2. The highest BCUT2D eigenvalue weighted by Crippen LogP contribution is 2.30. The first-order valence-electron chi connectivity index (χ1n) is 6.59. The van der Waals surface area contributed by atoms with Gasteiger partial charge < -0.3 is 9.47 Å². The molecule has 9 nitrogen and oxygen atoms in total. The van der Waals surface area contributed by atoms with Crippen molar-refractivity contribution >= 4 is 21.7 Å². The summed E-state index contributed by atoms with van der Waals surface area (Å²) in [7, 11) is -0.144. The number of carbonyl (C=O) groups is 1. The van der Waals surface area contributed by atoms with Gasteiger partial charge in [0.2, 0.25) is 10.0 Å². The Labute approximate surface area is 134 Å². The molecule has 0 unspecified atom stereocenters. The number of ether oxygens (including phenoxy) is 2. The minimum Gasteiger partial charge on any atom is -0.495 e. The minimum absolute atomic E-state index is 0.00965. The molecule has 0 atom stereocenters. The van der Waals surface area contributed by atoms with Gasteiger partial charge in [0, 0.05) is 32.1 Å². The van der Waals surface area contributed by atoms with E-state index in [1.165, 1.54) is 27.3 Å². The first kappa shape index (κ1) is 18.8. The lowest BCUT2D eigenvalue weighted by Crippen LogP contribution is -2.28. The van der Waals surface area contributed by atoms with E-state index < -0.39 is 20.9 Å². The van der Waals surface area contributed by atoms with Gasteiger partial charge in [-0.3, -0.25) is 14.9 Å². The van der Waals surface area contributed by atoms with E-state index in [2.05, 4.69) is 4.74 Å². The fourth-order valence-electron chi connectivity index (χ4n) is 1.82. The molecule has 1 rings (SSSR count). The van der Waals surface area contributed by atoms with E-state index in [9.17, 15) is 23.3 Å². The zero-order valence-electron chi connectivity index (χ0n) is 13.0. The van der Waals surface area contributed by atoms with Crippen molar-refractivity contribution in [2.75, 3.05) is 27.8 Å². The molecule has 0 aliphatic carbocycles. The SMILES string of the molecule is COC(=O)CCCN(C)S(=O)(=O)c1cc([N+](=O)[O-])ccc1OC. The Morgan fingerprint density at radius 2 is 2.00 bits per heavy atom. The number of esters is 1. The van der Waals surface area contributed by atoms with Gasteiger partial charge in [-0.2, -0.15) is 0 Å². The Balaban J connectivity index is 3.04. The fourth-order valence-corrected chi connectivity index (χ4v) is 3.20. The van der Waals surface area contributed by atoms with Crippen LogP contribution in [0.15, 0.2) is 23.1 Å². The van der Waals surface area contributed by atoms with E-state index in [4.69, 9.17) is 4.74 Å². The lowest BCUT2D eigenvalue weighted by Gasteiger charge is -2.18. The molecule has 1 aromatic carbocycles. The second-order valence-corrected chi connectivity index (χ2v) is 6.61. The van der Waals surface area contributed by atoms with Gasteiger partial charge in [0.1, 0.15) is 10.6 Å². The van der Waals surface area contributed by atoms with E-state index in [0.717, 1.165) is 16.4 Å². The topological polar surface area (TPSA) is 116 Å². The monoisotopic (exact) mass is 346 g/mol. The standard InChI is InChI=1S/C13H18N2O7S/c1-14(8-4-5-13(16)22-3)23(19,20)12-9-10(15(17)18)6-7-11(12)21-2/h6-7,9H,4-5,8H2,1-3H3. The summed E-state index contributed by atoms with van der Waals surface area (Å²) in [5.74, 6) is -0.431. The molecule has 0 bridgehead atoms. The third-order valence-corrected chi connectivity index (χ3v) is 5.01. The summed E-state index contributed by atoms with van der Waals surface area (Å²) in [5, 5.41) is 10.8. The highest BCUT2D eigenvalue weighted by atomic mass is 32.2. The van der Waals surface area contributed by atoms with Gasteiger partial charge in [-0.1, -0.05) is 0 Å². The van der Waals surface area contributed by atoms with E-state index >= 15 is 0 Å². The molecule has 0 radical (unpaired) electrons. The van der Waals surface area contributed by atoms with Gasteiger partial charge in [-0.15, -0.1) is 0 Å². The molecule has 0 aliphatic rings. The van der Waals surface area contributed by atoms with Crippen molar-refractivity contribution in [3.8, 4) is 5.75 Å². The number of hydrogen-bond donors (Lipinski definition) is 0. The minimum atomic E-state index is -3.99. The van der Waals surface area contributed by atoms with Crippen LogP contribution in [0.2, 0.25) is 0 Å². The number of nitro benzene ring substituents is 1. The van der Waals surface area contributed by atoms with Crippen LogP contribution in [0.1, 0.15) is 12.8 Å². The molecule has 0 saturated heterocycles. The molecular weight excluding hydrogens is 328 g/mol. The van der Waals surface area contributed by atoms with E-state index in [1.807, 2.05) is 0 Å². The average Bonchev–Trinajstić information content (AvgIpc) is 2.53. The number of nitrogens with zero attached hydrogens (tertiary/aromatic N) is 2. The number of hydrogen-bond acceptors (Lipinski definition) is 7. The summed E-state index contributed by atoms with van der Waals surface area (Å²) in [4.78, 5) is 20.9. The fraction of sp³-hybridized carbons (Fsp3) is 0.462. The number of non-ortho nitro benzene ring substituents is 1. The first-order valence-corrected chi connectivity index (χ1v) is 8.03. The lowest BCUT2D eigenvalue weighted by atomic mass is 10.3. The second-order valence-electron chi connectivity index (χ2n) is 4.60. The van der Waals surface area contributed by atoms with Crippen LogP contribution in [0, 0.1) is 10.1 Å². The quantitative estimate of drug-likeness (QED) is 0.394. The van der Waals surface area contributed by atoms with E-state index in [1.54, 1.807) is 0 Å². The number of carbonyl (C=O) groups excluding carboxylic acids is 1. The van der Waals surface area contributed by atoms with Gasteiger partial charge in [0.05, 0.1) is 19.1 Å². The van der Waals surface area contributed by atoms with Gasteiger partial charge in [-0.25, -0.2) is 12.7 Å². The van der Waals surface area contributed by atoms with Crippen LogP contribution in [-0.4, -0.2) is 51.4 Å². The molecule has 10 heteroatoms. The van der Waals surface area contributed by atoms with Crippen molar-refractivity contribution in [3.05, 3.63) is 28.3 Å². The molecule has 0 saturated carbocycles. The van der Waals surface area contributed by atoms with Crippen LogP contribution in [0.3, 0.4) is 0 Å². The Morgan fingerprint density at radius 1 is 1.35 bits per heavy atom. The van der Waals surface area contributed by atoms with Gasteiger partial charge >= 0.3 is 5.97 Å². The normalized spacial score (nSPS) is 11.3. The number of sulfonamides is 1. The molecule has 0 amide bonds. The molecule has 0 fully saturated rings. The van der Waals surface area contributed by atoms with Crippen LogP contribution >= 0.6 is 0 Å². The van der Waals surface area contributed by atoms with Gasteiger partial charge in [-0.05, 0) is 12.5 Å². The zero-order valence-corrected chi connectivity index (χ0v) is 13.8. The smallest absolute Gasteiger partial charge is 0.305 e. The summed E-state index contributed by atoms with van der Waals surface area (Å²) in [6.45, 7) is 0.0588. The van der Waals surface area contributed by atoms with Gasteiger partial charge in [0.25, 0.3) is 5.69 Å². The predicted molar refractivity (Wildman–Crippen MR) is 80.7 cm³/mol. The van der Waals surface area contributed by atoms with Crippen LogP contribution in [0.4, 0.5) is 5.69 Å². The molecular formula is C13H18N2O7S. The second kappa shape index (κ2) is 7.88. The van der Waals surface area contributed by atoms with Crippen LogP contribution < -0.4 is 4.74 Å². The molecule has 0 aromatic heterocycles. The number of benzene rings is 1. The summed E-state index contributed by atoms with van der Waals surface area (Å²) in [6, 6.07) is 3.34. The first-order chi connectivity index (χ1) is 10.7. The molecule has 1 aromatic rings. The predicted octanol–water partition coefficient (Wildman–Crippen LogP) is 1.18. The Morgan fingerprint density at radius 3 is 2.52 bits per heavy atom.